The molecule has 2 unspecified atom stereocenters. The van der Waals surface area contributed by atoms with E-state index >= 15 is 4.39 Å². The molecule has 4 rings (SSSR count). The maximum absolute atomic E-state index is 15.1. The van der Waals surface area contributed by atoms with Crippen LogP contribution >= 0.6 is 0 Å². The van der Waals surface area contributed by atoms with Gasteiger partial charge in [-0.25, -0.2) is 13.2 Å². The molecule has 1 saturated heterocycles. The maximum Gasteiger partial charge on any atom is 0.166 e. The van der Waals surface area contributed by atoms with E-state index in [1.165, 1.54) is 19.3 Å². The first-order valence-corrected chi connectivity index (χ1v) is 13.7. The highest BCUT2D eigenvalue weighted by molar-refractivity contribution is 5.71. The van der Waals surface area contributed by atoms with Gasteiger partial charge in [-0.05, 0) is 66.0 Å². The van der Waals surface area contributed by atoms with Gasteiger partial charge in [-0.1, -0.05) is 93.8 Å². The summed E-state index contributed by atoms with van der Waals surface area (Å²) in [5, 5.41) is 0. The molecule has 37 heavy (non-hydrogen) atoms. The molecule has 0 amide bonds. The van der Waals surface area contributed by atoms with E-state index in [9.17, 15) is 8.78 Å². The van der Waals surface area contributed by atoms with Crippen molar-refractivity contribution in [3.05, 3.63) is 95.3 Å². The third kappa shape index (κ3) is 6.73. The van der Waals surface area contributed by atoms with Crippen LogP contribution in [0.5, 0.6) is 0 Å². The van der Waals surface area contributed by atoms with Crippen molar-refractivity contribution in [1.29, 1.82) is 0 Å². The highest BCUT2D eigenvalue weighted by atomic mass is 19.2. The number of unbranched alkanes of at least 4 members (excludes halogenated alkanes) is 2. The van der Waals surface area contributed by atoms with Gasteiger partial charge >= 0.3 is 0 Å². The zero-order valence-corrected chi connectivity index (χ0v) is 21.9. The van der Waals surface area contributed by atoms with Gasteiger partial charge < -0.3 is 4.74 Å². The van der Waals surface area contributed by atoms with Crippen molar-refractivity contribution in [3.8, 4) is 22.3 Å². The third-order valence-corrected chi connectivity index (χ3v) is 7.37. The monoisotopic (exact) mass is 506 g/mol. The molecule has 3 aromatic carbocycles. The van der Waals surface area contributed by atoms with E-state index in [4.69, 9.17) is 4.74 Å². The molecule has 3 aromatic rings. The summed E-state index contributed by atoms with van der Waals surface area (Å²) in [4.78, 5) is 0. The summed E-state index contributed by atoms with van der Waals surface area (Å²) in [5.41, 5.74) is 3.44. The molecule has 1 nitrogen and oxygen atoms in total. The van der Waals surface area contributed by atoms with Crippen LogP contribution in [0.4, 0.5) is 13.2 Å². The summed E-state index contributed by atoms with van der Waals surface area (Å²) in [6.45, 7) is 4.77. The second-order valence-electron chi connectivity index (χ2n) is 10.0. The number of hydrogen-bond acceptors (Lipinski definition) is 1. The fourth-order valence-corrected chi connectivity index (χ4v) is 5.13. The summed E-state index contributed by atoms with van der Waals surface area (Å²) in [5.74, 6) is -1.79. The van der Waals surface area contributed by atoms with Gasteiger partial charge in [0.25, 0.3) is 0 Å². The molecule has 0 aromatic heterocycles. The Morgan fingerprint density at radius 1 is 0.811 bits per heavy atom. The number of rotatable bonds is 10. The van der Waals surface area contributed by atoms with Crippen molar-refractivity contribution < 1.29 is 17.9 Å². The van der Waals surface area contributed by atoms with E-state index in [1.807, 2.05) is 43.3 Å². The smallest absolute Gasteiger partial charge is 0.166 e. The Hall–Kier alpha value is -2.85. The molecule has 0 N–H and O–H groups in total. The van der Waals surface area contributed by atoms with Gasteiger partial charge in [-0.2, -0.15) is 0 Å². The second kappa shape index (κ2) is 13.1. The summed E-state index contributed by atoms with van der Waals surface area (Å²) < 4.78 is 50.5. The van der Waals surface area contributed by atoms with Crippen LogP contribution in [-0.4, -0.2) is 12.7 Å². The van der Waals surface area contributed by atoms with Gasteiger partial charge in [0.05, 0.1) is 12.7 Å². The molecule has 0 bridgehead atoms. The van der Waals surface area contributed by atoms with Crippen molar-refractivity contribution in [1.82, 2.24) is 0 Å². The Kier molecular flexibility index (Phi) is 9.62. The Morgan fingerprint density at radius 2 is 1.57 bits per heavy atom. The average molecular weight is 507 g/mol. The molecule has 2 atom stereocenters. The van der Waals surface area contributed by atoms with Crippen molar-refractivity contribution >= 4 is 0 Å². The molecule has 1 fully saturated rings. The van der Waals surface area contributed by atoms with Crippen molar-refractivity contribution in [2.75, 3.05) is 6.61 Å². The molecule has 1 aliphatic heterocycles. The van der Waals surface area contributed by atoms with Crippen molar-refractivity contribution in [2.45, 2.75) is 77.2 Å². The van der Waals surface area contributed by atoms with E-state index in [1.54, 1.807) is 30.3 Å². The minimum Gasteiger partial charge on any atom is -0.378 e. The Balaban J connectivity index is 1.43. The molecular weight excluding hydrogens is 469 g/mol. The third-order valence-electron chi connectivity index (χ3n) is 7.37. The first kappa shape index (κ1) is 27.2. The molecule has 4 heteroatoms. The number of allylic oxidation sites excluding steroid dienone is 2. The lowest BCUT2D eigenvalue weighted by Gasteiger charge is -2.29. The molecular formula is C33H37F3O. The van der Waals surface area contributed by atoms with Crippen LogP contribution in [0.1, 0.15) is 75.8 Å². The molecule has 1 aliphatic rings. The topological polar surface area (TPSA) is 9.23 Å². The summed E-state index contributed by atoms with van der Waals surface area (Å²) in [6, 6.07) is 15.8. The summed E-state index contributed by atoms with van der Waals surface area (Å²) in [7, 11) is 0. The minimum atomic E-state index is -0.840. The number of ether oxygens (including phenoxy) is 1. The largest absolute Gasteiger partial charge is 0.378 e. The summed E-state index contributed by atoms with van der Waals surface area (Å²) in [6.07, 6.45) is 12.0. The molecule has 196 valence electrons. The van der Waals surface area contributed by atoms with E-state index in [0.717, 1.165) is 36.8 Å². The van der Waals surface area contributed by atoms with E-state index in [0.29, 0.717) is 35.8 Å². The first-order valence-electron chi connectivity index (χ1n) is 13.7. The van der Waals surface area contributed by atoms with E-state index < -0.39 is 11.6 Å². The zero-order valence-electron chi connectivity index (χ0n) is 21.9. The lowest BCUT2D eigenvalue weighted by molar-refractivity contribution is -0.00267. The molecule has 1 heterocycles. The SMILES string of the molecule is CCC=CCc1ccc(-c2ccc(-c3ccc(C4CCC(CCCCC)OC4)c(F)c3)cc2)c(F)c1F. The van der Waals surface area contributed by atoms with E-state index in [-0.39, 0.29) is 17.3 Å². The van der Waals surface area contributed by atoms with Crippen LogP contribution in [0, 0.1) is 17.5 Å². The van der Waals surface area contributed by atoms with Crippen molar-refractivity contribution in [2.24, 2.45) is 0 Å². The fraction of sp³-hybridized carbons (Fsp3) is 0.394. The predicted molar refractivity (Wildman–Crippen MR) is 146 cm³/mol. The zero-order chi connectivity index (χ0) is 26.2. The van der Waals surface area contributed by atoms with Gasteiger partial charge in [0.2, 0.25) is 0 Å². The molecule has 0 radical (unpaired) electrons. The molecule has 0 saturated carbocycles. The van der Waals surface area contributed by atoms with Crippen LogP contribution in [0.3, 0.4) is 0 Å². The maximum atomic E-state index is 15.1. The Labute approximate surface area is 219 Å². The molecule has 0 aliphatic carbocycles. The first-order chi connectivity index (χ1) is 18.0. The average Bonchev–Trinajstić information content (AvgIpc) is 2.92. The number of benzene rings is 3. The van der Waals surface area contributed by atoms with Crippen LogP contribution in [-0.2, 0) is 11.2 Å². The molecule has 0 spiro atoms. The quantitative estimate of drug-likeness (QED) is 0.196. The van der Waals surface area contributed by atoms with Gasteiger partial charge in [0.15, 0.2) is 11.6 Å². The lowest BCUT2D eigenvalue weighted by Crippen LogP contribution is -2.25. The van der Waals surface area contributed by atoms with Crippen LogP contribution in [0.15, 0.2) is 66.7 Å². The van der Waals surface area contributed by atoms with Crippen LogP contribution in [0.25, 0.3) is 22.3 Å². The van der Waals surface area contributed by atoms with Gasteiger partial charge in [-0.3, -0.25) is 0 Å². The van der Waals surface area contributed by atoms with E-state index in [2.05, 4.69) is 6.92 Å². The fourth-order valence-electron chi connectivity index (χ4n) is 5.13. The van der Waals surface area contributed by atoms with Crippen molar-refractivity contribution in [3.63, 3.8) is 0 Å². The van der Waals surface area contributed by atoms with Gasteiger partial charge in [0.1, 0.15) is 5.82 Å². The predicted octanol–water partition coefficient (Wildman–Crippen LogP) is 9.79. The summed E-state index contributed by atoms with van der Waals surface area (Å²) >= 11 is 0. The minimum absolute atomic E-state index is 0.0807. The lowest BCUT2D eigenvalue weighted by atomic mass is 9.88. The Morgan fingerprint density at radius 3 is 2.24 bits per heavy atom. The van der Waals surface area contributed by atoms with Gasteiger partial charge in [-0.15, -0.1) is 0 Å². The van der Waals surface area contributed by atoms with Gasteiger partial charge in [0, 0.05) is 11.5 Å². The number of halogens is 3. The van der Waals surface area contributed by atoms with Crippen LogP contribution in [0.2, 0.25) is 0 Å². The standard InChI is InChI=1S/C33H37F3O/c1-3-5-7-9-25-16-20-30(33(36)32(25)35)24-13-11-23(12-14-24)26-17-19-29(31(34)21-26)27-15-18-28(37-22-27)10-8-6-4-2/h5,7,11-14,16-17,19-21,27-28H,3-4,6,8-10,15,18,22H2,1-2H3. The Bertz CT molecular complexity index is 1190. The highest BCUT2D eigenvalue weighted by Crippen LogP contribution is 2.34. The normalized spacial score (nSPS) is 18.0. The number of hydrogen-bond donors (Lipinski definition) is 0. The van der Waals surface area contributed by atoms with Crippen LogP contribution < -0.4 is 0 Å². The highest BCUT2D eigenvalue weighted by Gasteiger charge is 2.25. The second-order valence-corrected chi connectivity index (χ2v) is 10.0.